The summed E-state index contributed by atoms with van der Waals surface area (Å²) in [7, 11) is 0. The van der Waals surface area contributed by atoms with Crippen LogP contribution in [-0.2, 0) is 6.54 Å². The summed E-state index contributed by atoms with van der Waals surface area (Å²) < 4.78 is 1.83. The molecule has 0 atom stereocenters. The Morgan fingerprint density at radius 2 is 1.65 bits per heavy atom. The first-order valence-electron chi connectivity index (χ1n) is 10.2. The van der Waals surface area contributed by atoms with E-state index < -0.39 is 11.4 Å². The topological polar surface area (TPSA) is 62.5 Å². The molecule has 1 aromatic heterocycles. The molecule has 0 saturated carbocycles. The lowest BCUT2D eigenvalue weighted by molar-refractivity contribution is 0.0694. The molecule has 0 aliphatic rings. The SMILES string of the molecule is CC(C)n1cc(C(=O)O)c(=O)c2cc(-c3ccc(CN(CCCl)CCCl)cc3)ccc21. The van der Waals surface area contributed by atoms with Gasteiger partial charge in [0.15, 0.2) is 0 Å². The molecule has 0 spiro atoms. The Morgan fingerprint density at radius 3 is 2.19 bits per heavy atom. The van der Waals surface area contributed by atoms with E-state index in [9.17, 15) is 14.7 Å². The summed E-state index contributed by atoms with van der Waals surface area (Å²) in [5.41, 5.74) is 3.02. The van der Waals surface area contributed by atoms with Gasteiger partial charge in [0.05, 0.1) is 5.52 Å². The zero-order valence-corrected chi connectivity index (χ0v) is 19.2. The molecule has 1 heterocycles. The largest absolute Gasteiger partial charge is 0.477 e. The standard InChI is InChI=1S/C24H26Cl2N2O3/c1-16(2)28-15-21(24(30)31)23(29)20-13-19(7-8-22(20)28)18-5-3-17(4-6-18)14-27(11-9-25)12-10-26/h3-8,13,15-16H,9-12,14H2,1-2H3,(H,30,31). The first-order valence-corrected chi connectivity index (χ1v) is 11.3. The number of carbonyl (C=O) groups is 1. The van der Waals surface area contributed by atoms with Crippen molar-refractivity contribution in [2.24, 2.45) is 0 Å². The first-order chi connectivity index (χ1) is 14.8. The summed E-state index contributed by atoms with van der Waals surface area (Å²) in [5.74, 6) is -0.106. The zero-order chi connectivity index (χ0) is 22.5. The van der Waals surface area contributed by atoms with Gasteiger partial charge in [-0.05, 0) is 42.7 Å². The lowest BCUT2D eigenvalue weighted by Crippen LogP contribution is -2.27. The molecule has 31 heavy (non-hydrogen) atoms. The summed E-state index contributed by atoms with van der Waals surface area (Å²) in [5, 5.41) is 9.87. The van der Waals surface area contributed by atoms with Crippen LogP contribution in [0.4, 0.5) is 0 Å². The van der Waals surface area contributed by atoms with Crippen molar-refractivity contribution < 1.29 is 9.90 Å². The number of hydrogen-bond donors (Lipinski definition) is 1. The summed E-state index contributed by atoms with van der Waals surface area (Å²) in [6, 6.07) is 13.8. The number of rotatable bonds is 9. The summed E-state index contributed by atoms with van der Waals surface area (Å²) in [6.07, 6.45) is 1.43. The zero-order valence-electron chi connectivity index (χ0n) is 17.6. The van der Waals surface area contributed by atoms with E-state index in [0.29, 0.717) is 17.1 Å². The number of halogens is 2. The number of aromatic carboxylic acids is 1. The number of aromatic nitrogens is 1. The molecule has 0 fully saturated rings. The van der Waals surface area contributed by atoms with Crippen LogP contribution in [0.2, 0.25) is 0 Å². The van der Waals surface area contributed by atoms with Crippen molar-refractivity contribution in [3.63, 3.8) is 0 Å². The normalized spacial score (nSPS) is 11.5. The maximum atomic E-state index is 12.8. The van der Waals surface area contributed by atoms with Crippen LogP contribution < -0.4 is 5.43 Å². The Bertz CT molecular complexity index is 1120. The number of pyridine rings is 1. The predicted octanol–water partition coefficient (Wildman–Crippen LogP) is 5.23. The van der Waals surface area contributed by atoms with Gasteiger partial charge in [0.2, 0.25) is 5.43 Å². The van der Waals surface area contributed by atoms with E-state index in [-0.39, 0.29) is 11.6 Å². The molecule has 164 valence electrons. The molecule has 0 bridgehead atoms. The number of fused-ring (bicyclic) bond motifs is 1. The second-order valence-corrected chi connectivity index (χ2v) is 8.52. The second-order valence-electron chi connectivity index (χ2n) is 7.76. The lowest BCUT2D eigenvalue weighted by Gasteiger charge is -2.20. The molecule has 7 heteroatoms. The van der Waals surface area contributed by atoms with Gasteiger partial charge in [0.1, 0.15) is 5.56 Å². The molecule has 0 aliphatic carbocycles. The Kier molecular flexibility index (Phi) is 7.76. The maximum absolute atomic E-state index is 12.8. The third-order valence-electron chi connectivity index (χ3n) is 5.31. The van der Waals surface area contributed by atoms with E-state index in [1.807, 2.05) is 42.7 Å². The second kappa shape index (κ2) is 10.3. The fourth-order valence-corrected chi connectivity index (χ4v) is 4.16. The van der Waals surface area contributed by atoms with E-state index in [1.54, 1.807) is 6.07 Å². The highest BCUT2D eigenvalue weighted by atomic mass is 35.5. The Hall–Kier alpha value is -2.34. The minimum atomic E-state index is -1.21. The van der Waals surface area contributed by atoms with Gasteiger partial charge >= 0.3 is 5.97 Å². The van der Waals surface area contributed by atoms with Crippen LogP contribution in [0.5, 0.6) is 0 Å². The summed E-state index contributed by atoms with van der Waals surface area (Å²) in [6.45, 7) is 6.22. The van der Waals surface area contributed by atoms with Gasteiger partial charge in [-0.25, -0.2) is 4.79 Å². The van der Waals surface area contributed by atoms with E-state index in [1.165, 1.54) is 6.20 Å². The van der Waals surface area contributed by atoms with Crippen molar-refractivity contribution in [1.29, 1.82) is 0 Å². The van der Waals surface area contributed by atoms with Gasteiger partial charge in [-0.1, -0.05) is 30.3 Å². The number of carboxylic acid groups (broad SMARTS) is 1. The molecule has 0 aliphatic heterocycles. The van der Waals surface area contributed by atoms with E-state index >= 15 is 0 Å². The molecule has 5 nitrogen and oxygen atoms in total. The quantitative estimate of drug-likeness (QED) is 0.444. The van der Waals surface area contributed by atoms with Gasteiger partial charge in [-0.15, -0.1) is 23.2 Å². The highest BCUT2D eigenvalue weighted by Crippen LogP contribution is 2.25. The van der Waals surface area contributed by atoms with Crippen molar-refractivity contribution in [2.75, 3.05) is 24.8 Å². The van der Waals surface area contributed by atoms with Crippen LogP contribution in [0.15, 0.2) is 53.5 Å². The fourth-order valence-electron chi connectivity index (χ4n) is 3.68. The van der Waals surface area contributed by atoms with Crippen LogP contribution in [-0.4, -0.2) is 45.4 Å². The van der Waals surface area contributed by atoms with E-state index in [0.717, 1.165) is 41.8 Å². The smallest absolute Gasteiger partial charge is 0.341 e. The molecule has 0 unspecified atom stereocenters. The molecule has 0 amide bonds. The number of alkyl halides is 2. The van der Waals surface area contributed by atoms with Gasteiger partial charge in [-0.2, -0.15) is 0 Å². The maximum Gasteiger partial charge on any atom is 0.341 e. The first kappa shape index (κ1) is 23.3. The molecule has 1 N–H and O–H groups in total. The summed E-state index contributed by atoms with van der Waals surface area (Å²) >= 11 is 11.8. The van der Waals surface area contributed by atoms with E-state index in [4.69, 9.17) is 23.2 Å². The Labute approximate surface area is 191 Å². The van der Waals surface area contributed by atoms with Crippen LogP contribution in [0.3, 0.4) is 0 Å². The van der Waals surface area contributed by atoms with Crippen molar-refractivity contribution in [1.82, 2.24) is 9.47 Å². The van der Waals surface area contributed by atoms with Crippen LogP contribution >= 0.6 is 23.2 Å². The van der Waals surface area contributed by atoms with E-state index in [2.05, 4.69) is 17.0 Å². The Morgan fingerprint density at radius 1 is 1.03 bits per heavy atom. The number of carboxylic acids is 1. The van der Waals surface area contributed by atoms with Crippen LogP contribution in [0.1, 0.15) is 35.8 Å². The van der Waals surface area contributed by atoms with Gasteiger partial charge in [0, 0.05) is 49.0 Å². The molecule has 0 radical (unpaired) electrons. The van der Waals surface area contributed by atoms with Gasteiger partial charge in [-0.3, -0.25) is 9.69 Å². The summed E-state index contributed by atoms with van der Waals surface area (Å²) in [4.78, 5) is 26.6. The van der Waals surface area contributed by atoms with Crippen LogP contribution in [0, 0.1) is 0 Å². The average molecular weight is 461 g/mol. The number of benzene rings is 2. The molecule has 2 aromatic carbocycles. The average Bonchev–Trinajstić information content (AvgIpc) is 2.74. The molecular weight excluding hydrogens is 435 g/mol. The Balaban J connectivity index is 1.99. The third-order valence-corrected chi connectivity index (χ3v) is 5.65. The van der Waals surface area contributed by atoms with Crippen molar-refractivity contribution in [3.8, 4) is 11.1 Å². The third kappa shape index (κ3) is 5.29. The van der Waals surface area contributed by atoms with Crippen molar-refractivity contribution >= 4 is 40.1 Å². The van der Waals surface area contributed by atoms with Crippen molar-refractivity contribution in [3.05, 3.63) is 70.0 Å². The highest BCUT2D eigenvalue weighted by molar-refractivity contribution is 6.18. The van der Waals surface area contributed by atoms with Crippen LogP contribution in [0.25, 0.3) is 22.0 Å². The minimum absolute atomic E-state index is 0.0234. The molecule has 0 saturated heterocycles. The van der Waals surface area contributed by atoms with Gasteiger partial charge < -0.3 is 9.67 Å². The number of nitrogens with zero attached hydrogens (tertiary/aromatic N) is 2. The predicted molar refractivity (Wildman–Crippen MR) is 128 cm³/mol. The lowest BCUT2D eigenvalue weighted by atomic mass is 10.0. The molecule has 3 rings (SSSR count). The molecular formula is C24H26Cl2N2O3. The molecule has 3 aromatic rings. The minimum Gasteiger partial charge on any atom is -0.477 e. The monoisotopic (exact) mass is 460 g/mol. The fraction of sp³-hybridized carbons (Fsp3) is 0.333. The van der Waals surface area contributed by atoms with Crippen molar-refractivity contribution in [2.45, 2.75) is 26.4 Å². The van der Waals surface area contributed by atoms with Gasteiger partial charge in [0.25, 0.3) is 0 Å². The highest BCUT2D eigenvalue weighted by Gasteiger charge is 2.16. The number of hydrogen-bond acceptors (Lipinski definition) is 3.